The molecule has 1 heterocycles. The van der Waals surface area contributed by atoms with Gasteiger partial charge in [-0.25, -0.2) is 14.8 Å². The topological polar surface area (TPSA) is 78.1 Å². The standard InChI is InChI=1S/C13H15N3O2/c1-13(2,3)18-11(17)10-8-6-4-5-7-9(8)15-12(14)16-10/h4-7H,1-3H3,(H2,14,15,16). The van der Waals surface area contributed by atoms with E-state index >= 15 is 0 Å². The van der Waals surface area contributed by atoms with Crippen LogP contribution in [0.15, 0.2) is 24.3 Å². The van der Waals surface area contributed by atoms with E-state index in [1.165, 1.54) is 0 Å². The van der Waals surface area contributed by atoms with Crippen molar-refractivity contribution in [3.63, 3.8) is 0 Å². The highest BCUT2D eigenvalue weighted by molar-refractivity contribution is 6.01. The second-order valence-electron chi connectivity index (χ2n) is 4.95. The number of nitrogens with two attached hydrogens (primary N) is 1. The molecule has 2 rings (SSSR count). The van der Waals surface area contributed by atoms with Gasteiger partial charge >= 0.3 is 5.97 Å². The summed E-state index contributed by atoms with van der Waals surface area (Å²) < 4.78 is 5.30. The predicted molar refractivity (Wildman–Crippen MR) is 69.1 cm³/mol. The van der Waals surface area contributed by atoms with Gasteiger partial charge in [0, 0.05) is 5.39 Å². The van der Waals surface area contributed by atoms with Crippen molar-refractivity contribution < 1.29 is 9.53 Å². The van der Waals surface area contributed by atoms with Gasteiger partial charge in [0.05, 0.1) is 5.52 Å². The molecule has 0 saturated heterocycles. The Bertz CT molecular complexity index is 603. The molecule has 0 aliphatic heterocycles. The molecule has 0 amide bonds. The van der Waals surface area contributed by atoms with Gasteiger partial charge in [-0.05, 0) is 26.8 Å². The number of fused-ring (bicyclic) bond motifs is 1. The van der Waals surface area contributed by atoms with Crippen molar-refractivity contribution >= 4 is 22.8 Å². The van der Waals surface area contributed by atoms with Crippen LogP contribution in [0.3, 0.4) is 0 Å². The van der Waals surface area contributed by atoms with Crippen LogP contribution in [0.2, 0.25) is 0 Å². The molecule has 0 radical (unpaired) electrons. The summed E-state index contributed by atoms with van der Waals surface area (Å²) in [6.45, 7) is 5.41. The van der Waals surface area contributed by atoms with Crippen LogP contribution >= 0.6 is 0 Å². The lowest BCUT2D eigenvalue weighted by molar-refractivity contribution is 0.00654. The average Bonchev–Trinajstić information content (AvgIpc) is 2.25. The molecular formula is C13H15N3O2. The molecule has 18 heavy (non-hydrogen) atoms. The highest BCUT2D eigenvalue weighted by atomic mass is 16.6. The first-order valence-electron chi connectivity index (χ1n) is 5.62. The van der Waals surface area contributed by atoms with E-state index in [0.29, 0.717) is 10.9 Å². The zero-order chi connectivity index (χ0) is 13.3. The van der Waals surface area contributed by atoms with E-state index in [-0.39, 0.29) is 11.6 Å². The van der Waals surface area contributed by atoms with Crippen molar-refractivity contribution in [2.75, 3.05) is 5.73 Å². The fraction of sp³-hybridized carbons (Fsp3) is 0.308. The SMILES string of the molecule is CC(C)(C)OC(=O)c1nc(N)nc2ccccc12. The van der Waals surface area contributed by atoms with Crippen LogP contribution in [0.25, 0.3) is 10.9 Å². The van der Waals surface area contributed by atoms with E-state index in [9.17, 15) is 4.79 Å². The first kappa shape index (κ1) is 12.3. The molecular weight excluding hydrogens is 230 g/mol. The fourth-order valence-electron chi connectivity index (χ4n) is 1.58. The van der Waals surface area contributed by atoms with Gasteiger partial charge in [-0.15, -0.1) is 0 Å². The molecule has 2 aromatic rings. The molecule has 0 atom stereocenters. The van der Waals surface area contributed by atoms with Gasteiger partial charge in [-0.2, -0.15) is 0 Å². The van der Waals surface area contributed by atoms with Crippen LogP contribution in [0.4, 0.5) is 5.95 Å². The van der Waals surface area contributed by atoms with E-state index in [1.54, 1.807) is 32.9 Å². The summed E-state index contributed by atoms with van der Waals surface area (Å²) in [7, 11) is 0. The summed E-state index contributed by atoms with van der Waals surface area (Å²) in [5, 5.41) is 0.640. The molecule has 5 nitrogen and oxygen atoms in total. The molecule has 0 unspecified atom stereocenters. The summed E-state index contributed by atoms with van der Waals surface area (Å²) in [6, 6.07) is 7.19. The average molecular weight is 245 g/mol. The van der Waals surface area contributed by atoms with Crippen molar-refractivity contribution in [1.82, 2.24) is 9.97 Å². The first-order chi connectivity index (χ1) is 8.37. The number of carbonyl (C=O) groups is 1. The number of rotatable bonds is 1. The molecule has 0 spiro atoms. The number of esters is 1. The Kier molecular flexibility index (Phi) is 2.90. The van der Waals surface area contributed by atoms with E-state index in [1.807, 2.05) is 12.1 Å². The Balaban J connectivity index is 2.53. The second-order valence-corrected chi connectivity index (χ2v) is 4.95. The zero-order valence-corrected chi connectivity index (χ0v) is 10.6. The minimum Gasteiger partial charge on any atom is -0.455 e. The zero-order valence-electron chi connectivity index (χ0n) is 10.6. The van der Waals surface area contributed by atoms with Crippen molar-refractivity contribution in [2.24, 2.45) is 0 Å². The lowest BCUT2D eigenvalue weighted by atomic mass is 10.1. The Morgan fingerprint density at radius 2 is 1.89 bits per heavy atom. The van der Waals surface area contributed by atoms with Crippen LogP contribution in [-0.4, -0.2) is 21.5 Å². The molecule has 0 aliphatic carbocycles. The maximum Gasteiger partial charge on any atom is 0.358 e. The first-order valence-corrected chi connectivity index (χ1v) is 5.62. The maximum absolute atomic E-state index is 12.1. The number of ether oxygens (including phenoxy) is 1. The van der Waals surface area contributed by atoms with Crippen LogP contribution < -0.4 is 5.73 Å². The number of nitrogen functional groups attached to an aromatic ring is 1. The third-order valence-corrected chi connectivity index (χ3v) is 2.21. The summed E-state index contributed by atoms with van der Waals surface area (Å²) >= 11 is 0. The number of benzene rings is 1. The third kappa shape index (κ3) is 2.56. The van der Waals surface area contributed by atoms with Crippen molar-refractivity contribution in [3.8, 4) is 0 Å². The molecule has 0 bridgehead atoms. The number of hydrogen-bond acceptors (Lipinski definition) is 5. The van der Waals surface area contributed by atoms with Gasteiger partial charge in [0.1, 0.15) is 5.60 Å². The normalized spacial score (nSPS) is 11.5. The second kappa shape index (κ2) is 4.25. The Morgan fingerprint density at radius 1 is 1.22 bits per heavy atom. The Labute approximate surface area is 105 Å². The number of hydrogen-bond donors (Lipinski definition) is 1. The summed E-state index contributed by atoms with van der Waals surface area (Å²) in [6.07, 6.45) is 0. The van der Waals surface area contributed by atoms with Crippen LogP contribution in [0, 0.1) is 0 Å². The number of aromatic nitrogens is 2. The quantitative estimate of drug-likeness (QED) is 0.779. The highest BCUT2D eigenvalue weighted by Gasteiger charge is 2.21. The minimum absolute atomic E-state index is 0.0644. The molecule has 2 N–H and O–H groups in total. The monoisotopic (exact) mass is 245 g/mol. The lowest BCUT2D eigenvalue weighted by Crippen LogP contribution is -2.25. The minimum atomic E-state index is -0.572. The molecule has 0 fully saturated rings. The summed E-state index contributed by atoms with van der Waals surface area (Å²) in [4.78, 5) is 20.1. The maximum atomic E-state index is 12.1. The molecule has 1 aromatic carbocycles. The third-order valence-electron chi connectivity index (χ3n) is 2.21. The number of anilines is 1. The molecule has 94 valence electrons. The van der Waals surface area contributed by atoms with Gasteiger partial charge in [-0.1, -0.05) is 18.2 Å². The van der Waals surface area contributed by atoms with Crippen LogP contribution in [-0.2, 0) is 4.74 Å². The summed E-state index contributed by atoms with van der Waals surface area (Å²) in [5.41, 5.74) is 5.86. The molecule has 0 aliphatic rings. The smallest absolute Gasteiger partial charge is 0.358 e. The van der Waals surface area contributed by atoms with E-state index in [0.717, 1.165) is 0 Å². The molecule has 0 saturated carbocycles. The van der Waals surface area contributed by atoms with E-state index in [2.05, 4.69) is 9.97 Å². The van der Waals surface area contributed by atoms with Crippen molar-refractivity contribution in [3.05, 3.63) is 30.0 Å². The lowest BCUT2D eigenvalue weighted by Gasteiger charge is -2.19. The predicted octanol–water partition coefficient (Wildman–Crippen LogP) is 2.17. The number of nitrogens with zero attached hydrogens (tertiary/aromatic N) is 2. The fourth-order valence-corrected chi connectivity index (χ4v) is 1.58. The van der Waals surface area contributed by atoms with Gasteiger partial charge in [0.2, 0.25) is 5.95 Å². The van der Waals surface area contributed by atoms with Crippen molar-refractivity contribution in [2.45, 2.75) is 26.4 Å². The van der Waals surface area contributed by atoms with E-state index in [4.69, 9.17) is 10.5 Å². The largest absolute Gasteiger partial charge is 0.455 e. The Morgan fingerprint density at radius 3 is 2.56 bits per heavy atom. The summed E-state index contributed by atoms with van der Waals surface area (Å²) in [5.74, 6) is -0.428. The van der Waals surface area contributed by atoms with E-state index < -0.39 is 11.6 Å². The van der Waals surface area contributed by atoms with Gasteiger partial charge in [0.25, 0.3) is 0 Å². The van der Waals surface area contributed by atoms with Crippen LogP contribution in [0.5, 0.6) is 0 Å². The highest BCUT2D eigenvalue weighted by Crippen LogP contribution is 2.19. The molecule has 1 aromatic heterocycles. The van der Waals surface area contributed by atoms with Gasteiger partial charge in [0.15, 0.2) is 5.69 Å². The van der Waals surface area contributed by atoms with Crippen LogP contribution in [0.1, 0.15) is 31.3 Å². The number of para-hydroxylation sites is 1. The number of carbonyl (C=O) groups excluding carboxylic acids is 1. The molecule has 5 heteroatoms. The van der Waals surface area contributed by atoms with Gasteiger partial charge < -0.3 is 10.5 Å². The van der Waals surface area contributed by atoms with Crippen molar-refractivity contribution in [1.29, 1.82) is 0 Å². The van der Waals surface area contributed by atoms with Gasteiger partial charge in [-0.3, -0.25) is 0 Å². The Hall–Kier alpha value is -2.17.